The van der Waals surface area contributed by atoms with Crippen molar-refractivity contribution in [2.24, 2.45) is 0 Å². The topological polar surface area (TPSA) is 104 Å². The fourth-order valence-electron chi connectivity index (χ4n) is 1.21. The van der Waals surface area contributed by atoms with Crippen LogP contribution in [0.1, 0.15) is 34.1 Å². The van der Waals surface area contributed by atoms with E-state index in [9.17, 15) is 19.8 Å². The molecule has 1 rings (SSSR count). The summed E-state index contributed by atoms with van der Waals surface area (Å²) in [6, 6.07) is 3.39. The summed E-state index contributed by atoms with van der Waals surface area (Å²) in [5.74, 6) is -2.51. The molecule has 6 heteroatoms. The number of carboxylic acids is 1. The van der Waals surface area contributed by atoms with Gasteiger partial charge in [-0.05, 0) is 24.6 Å². The number of aromatic carboxylic acids is 1. The molecular formula is C12H14O6. The largest absolute Gasteiger partial charge is 0.507 e. The number of esters is 1. The van der Waals surface area contributed by atoms with E-state index in [0.29, 0.717) is 6.42 Å². The molecule has 0 aliphatic heterocycles. The first kappa shape index (κ1) is 14.0. The minimum atomic E-state index is -1.34. The maximum Gasteiger partial charge on any atom is 0.339 e. The van der Waals surface area contributed by atoms with E-state index >= 15 is 0 Å². The molecule has 0 amide bonds. The molecule has 0 aliphatic rings. The normalized spacial score (nSPS) is 11.9. The molecule has 0 radical (unpaired) electrons. The van der Waals surface area contributed by atoms with Gasteiger partial charge in [-0.15, -0.1) is 0 Å². The highest BCUT2D eigenvalue weighted by atomic mass is 16.5. The molecule has 0 heterocycles. The number of carboxylic acid groups (broad SMARTS) is 1. The minimum Gasteiger partial charge on any atom is -0.507 e. The molecule has 3 N–H and O–H groups in total. The zero-order chi connectivity index (χ0) is 13.7. The molecule has 0 aliphatic carbocycles. The zero-order valence-corrected chi connectivity index (χ0v) is 9.79. The lowest BCUT2D eigenvalue weighted by Gasteiger charge is -2.09. The van der Waals surface area contributed by atoms with Gasteiger partial charge in [-0.3, -0.25) is 0 Å². The molecule has 18 heavy (non-hydrogen) atoms. The Labute approximate surface area is 103 Å². The molecule has 0 saturated carbocycles. The van der Waals surface area contributed by atoms with Crippen LogP contribution in [0, 0.1) is 0 Å². The van der Waals surface area contributed by atoms with Crippen molar-refractivity contribution in [1.82, 2.24) is 0 Å². The third kappa shape index (κ3) is 3.46. The highest BCUT2D eigenvalue weighted by Gasteiger charge is 2.15. The molecule has 0 aromatic heterocycles. The fourth-order valence-corrected chi connectivity index (χ4v) is 1.21. The van der Waals surface area contributed by atoms with E-state index in [-0.39, 0.29) is 17.7 Å². The summed E-state index contributed by atoms with van der Waals surface area (Å²) in [5, 5.41) is 27.3. The summed E-state index contributed by atoms with van der Waals surface area (Å²) >= 11 is 0. The van der Waals surface area contributed by atoms with E-state index in [0.717, 1.165) is 12.1 Å². The van der Waals surface area contributed by atoms with E-state index in [1.54, 1.807) is 6.92 Å². The van der Waals surface area contributed by atoms with Crippen molar-refractivity contribution < 1.29 is 29.6 Å². The quantitative estimate of drug-likeness (QED) is 0.677. The number of ether oxygens (including phenoxy) is 1. The van der Waals surface area contributed by atoms with Gasteiger partial charge in [0.15, 0.2) is 0 Å². The molecular weight excluding hydrogens is 240 g/mol. The van der Waals surface area contributed by atoms with Crippen molar-refractivity contribution in [1.29, 1.82) is 0 Å². The van der Waals surface area contributed by atoms with E-state index in [4.69, 9.17) is 9.84 Å². The number of hydrogen-bond donors (Lipinski definition) is 3. The van der Waals surface area contributed by atoms with Crippen molar-refractivity contribution in [3.8, 4) is 5.75 Å². The van der Waals surface area contributed by atoms with Gasteiger partial charge in [0.05, 0.1) is 11.7 Å². The molecule has 0 saturated heterocycles. The Morgan fingerprint density at radius 1 is 1.39 bits per heavy atom. The zero-order valence-electron chi connectivity index (χ0n) is 9.79. The van der Waals surface area contributed by atoms with Gasteiger partial charge in [-0.25, -0.2) is 9.59 Å². The lowest BCUT2D eigenvalue weighted by atomic mass is 10.1. The third-order valence-electron chi connectivity index (χ3n) is 2.34. The number of phenols is 1. The van der Waals surface area contributed by atoms with Crippen LogP contribution in [0.15, 0.2) is 18.2 Å². The van der Waals surface area contributed by atoms with Crippen molar-refractivity contribution >= 4 is 11.9 Å². The van der Waals surface area contributed by atoms with Crippen LogP contribution in [0.3, 0.4) is 0 Å². The maximum absolute atomic E-state index is 11.5. The van der Waals surface area contributed by atoms with Gasteiger partial charge in [0.1, 0.15) is 17.9 Å². The van der Waals surface area contributed by atoms with Crippen LogP contribution >= 0.6 is 0 Å². The first-order chi connectivity index (χ1) is 8.45. The first-order valence-corrected chi connectivity index (χ1v) is 5.37. The molecule has 0 fully saturated rings. The number of carbonyl (C=O) groups is 2. The Morgan fingerprint density at radius 2 is 2.06 bits per heavy atom. The van der Waals surface area contributed by atoms with Crippen molar-refractivity contribution in [3.05, 3.63) is 29.3 Å². The van der Waals surface area contributed by atoms with Crippen LogP contribution in [-0.2, 0) is 4.74 Å². The van der Waals surface area contributed by atoms with E-state index in [2.05, 4.69) is 0 Å². The smallest absolute Gasteiger partial charge is 0.339 e. The van der Waals surface area contributed by atoms with Crippen LogP contribution < -0.4 is 0 Å². The number of aliphatic hydroxyl groups excluding tert-OH is 1. The summed E-state index contributed by atoms with van der Waals surface area (Å²) in [4.78, 5) is 22.3. The first-order valence-electron chi connectivity index (χ1n) is 5.37. The van der Waals surface area contributed by atoms with Gasteiger partial charge in [-0.1, -0.05) is 6.92 Å². The van der Waals surface area contributed by atoms with E-state index in [1.807, 2.05) is 0 Å². The molecule has 1 aromatic carbocycles. The fraction of sp³-hybridized carbons (Fsp3) is 0.333. The molecule has 6 nitrogen and oxygen atoms in total. The number of hydrogen-bond acceptors (Lipinski definition) is 5. The van der Waals surface area contributed by atoms with Gasteiger partial charge in [0.25, 0.3) is 0 Å². The minimum absolute atomic E-state index is 0.00787. The van der Waals surface area contributed by atoms with Crippen LogP contribution in [0.2, 0.25) is 0 Å². The SMILES string of the molecule is CCC(O)COC(=O)c1ccc(O)c(C(=O)O)c1. The second kappa shape index (κ2) is 6.02. The van der Waals surface area contributed by atoms with Crippen molar-refractivity contribution in [2.45, 2.75) is 19.4 Å². The molecule has 0 spiro atoms. The molecule has 1 aromatic rings. The van der Waals surface area contributed by atoms with Gasteiger partial charge in [0, 0.05) is 0 Å². The molecule has 1 atom stereocenters. The van der Waals surface area contributed by atoms with Gasteiger partial charge < -0.3 is 20.1 Å². The summed E-state index contributed by atoms with van der Waals surface area (Å²) in [5.41, 5.74) is -0.367. The number of benzene rings is 1. The van der Waals surface area contributed by atoms with Crippen molar-refractivity contribution in [2.75, 3.05) is 6.61 Å². The Bertz CT molecular complexity index is 454. The average Bonchev–Trinajstić information content (AvgIpc) is 2.35. The predicted molar refractivity (Wildman–Crippen MR) is 61.6 cm³/mol. The van der Waals surface area contributed by atoms with Crippen LogP contribution in [-0.4, -0.2) is 40.0 Å². The molecule has 0 bridgehead atoms. The number of aliphatic hydroxyl groups is 1. The number of rotatable bonds is 5. The highest BCUT2D eigenvalue weighted by molar-refractivity contribution is 5.96. The lowest BCUT2D eigenvalue weighted by molar-refractivity contribution is 0.0250. The van der Waals surface area contributed by atoms with Crippen LogP contribution in [0.4, 0.5) is 0 Å². The Balaban J connectivity index is 2.80. The van der Waals surface area contributed by atoms with E-state index in [1.165, 1.54) is 6.07 Å². The van der Waals surface area contributed by atoms with Crippen LogP contribution in [0.25, 0.3) is 0 Å². The monoisotopic (exact) mass is 254 g/mol. The lowest BCUT2D eigenvalue weighted by Crippen LogP contribution is -2.17. The standard InChI is InChI=1S/C12H14O6/c1-2-8(13)6-18-12(17)7-3-4-10(14)9(5-7)11(15)16/h3-5,8,13-14H,2,6H2,1H3,(H,15,16). The average molecular weight is 254 g/mol. The van der Waals surface area contributed by atoms with Gasteiger partial charge in [0.2, 0.25) is 0 Å². The highest BCUT2D eigenvalue weighted by Crippen LogP contribution is 2.19. The van der Waals surface area contributed by atoms with E-state index < -0.39 is 23.8 Å². The summed E-state index contributed by atoms with van der Waals surface area (Å²) < 4.78 is 4.79. The van der Waals surface area contributed by atoms with Gasteiger partial charge in [-0.2, -0.15) is 0 Å². The molecule has 98 valence electrons. The van der Waals surface area contributed by atoms with Crippen molar-refractivity contribution in [3.63, 3.8) is 0 Å². The second-order valence-corrected chi connectivity index (χ2v) is 3.70. The Morgan fingerprint density at radius 3 is 2.61 bits per heavy atom. The maximum atomic E-state index is 11.5. The summed E-state index contributed by atoms with van der Waals surface area (Å²) in [7, 11) is 0. The predicted octanol–water partition coefficient (Wildman–Crippen LogP) is 1.02. The summed E-state index contributed by atoms with van der Waals surface area (Å²) in [6.45, 7) is 1.58. The van der Waals surface area contributed by atoms with Crippen LogP contribution in [0.5, 0.6) is 5.75 Å². The summed E-state index contributed by atoms with van der Waals surface area (Å²) in [6.07, 6.45) is -0.298. The second-order valence-electron chi connectivity index (χ2n) is 3.70. The number of aromatic hydroxyl groups is 1. The molecule has 1 unspecified atom stereocenters. The Hall–Kier alpha value is -2.08. The Kier molecular flexibility index (Phi) is 4.67. The number of carbonyl (C=O) groups excluding carboxylic acids is 1. The van der Waals surface area contributed by atoms with Gasteiger partial charge >= 0.3 is 11.9 Å². The third-order valence-corrected chi connectivity index (χ3v) is 2.34.